The van der Waals surface area contributed by atoms with E-state index < -0.39 is 12.1 Å². The molecule has 0 radical (unpaired) electrons. The number of nitrogens with one attached hydrogen (secondary N) is 1. The molecule has 470 valence electrons. The van der Waals surface area contributed by atoms with E-state index >= 15 is 0 Å². The normalized spacial score (nSPS) is 13.0. The van der Waals surface area contributed by atoms with Crippen LogP contribution in [0.4, 0.5) is 0 Å². The zero-order chi connectivity index (χ0) is 57.6. The number of rotatable bonds is 68. The quantitative estimate of drug-likeness (QED) is 0.0420. The van der Waals surface area contributed by atoms with Gasteiger partial charge in [0.25, 0.3) is 0 Å². The number of allylic oxidation sites excluding steroid dienone is 10. The van der Waals surface area contributed by atoms with E-state index in [9.17, 15) is 15.0 Å². The van der Waals surface area contributed by atoms with E-state index in [1.807, 2.05) is 0 Å². The molecular formula is C76H143NO3. The van der Waals surface area contributed by atoms with Crippen LogP contribution >= 0.6 is 0 Å². The molecule has 80 heavy (non-hydrogen) atoms. The van der Waals surface area contributed by atoms with Crippen LogP contribution in [0.5, 0.6) is 0 Å². The Labute approximate surface area is 502 Å². The van der Waals surface area contributed by atoms with Crippen LogP contribution in [-0.4, -0.2) is 34.9 Å². The van der Waals surface area contributed by atoms with Crippen LogP contribution in [0.2, 0.25) is 0 Å². The zero-order valence-electron chi connectivity index (χ0n) is 54.4. The summed E-state index contributed by atoms with van der Waals surface area (Å²) in [7, 11) is 0. The van der Waals surface area contributed by atoms with Crippen molar-refractivity contribution in [3.8, 4) is 0 Å². The third-order valence-electron chi connectivity index (χ3n) is 17.0. The zero-order valence-corrected chi connectivity index (χ0v) is 54.4. The van der Waals surface area contributed by atoms with Crippen molar-refractivity contribution in [3.05, 3.63) is 60.8 Å². The van der Waals surface area contributed by atoms with Gasteiger partial charge in [-0.25, -0.2) is 0 Å². The van der Waals surface area contributed by atoms with E-state index in [0.29, 0.717) is 12.8 Å². The van der Waals surface area contributed by atoms with E-state index in [1.165, 1.54) is 315 Å². The van der Waals surface area contributed by atoms with Gasteiger partial charge in [-0.3, -0.25) is 4.79 Å². The lowest BCUT2D eigenvalue weighted by Gasteiger charge is -2.22. The Kier molecular flexibility index (Phi) is 69.6. The first kappa shape index (κ1) is 78.1. The summed E-state index contributed by atoms with van der Waals surface area (Å²) < 4.78 is 0. The van der Waals surface area contributed by atoms with Crippen molar-refractivity contribution in [2.45, 2.75) is 411 Å². The van der Waals surface area contributed by atoms with Crippen LogP contribution in [-0.2, 0) is 4.79 Å². The van der Waals surface area contributed by atoms with E-state index in [1.54, 1.807) is 0 Å². The van der Waals surface area contributed by atoms with E-state index in [4.69, 9.17) is 0 Å². The predicted octanol–water partition coefficient (Wildman–Crippen LogP) is 25.1. The molecule has 0 bridgehead atoms. The van der Waals surface area contributed by atoms with Gasteiger partial charge in [-0.1, -0.05) is 396 Å². The van der Waals surface area contributed by atoms with Gasteiger partial charge in [0.15, 0.2) is 0 Å². The second-order valence-electron chi connectivity index (χ2n) is 25.0. The van der Waals surface area contributed by atoms with Crippen molar-refractivity contribution in [1.29, 1.82) is 0 Å². The molecule has 0 fully saturated rings. The van der Waals surface area contributed by atoms with E-state index in [0.717, 1.165) is 57.8 Å². The van der Waals surface area contributed by atoms with Gasteiger partial charge in [0, 0.05) is 6.42 Å². The molecule has 0 rings (SSSR count). The minimum absolute atomic E-state index is 0.0226. The van der Waals surface area contributed by atoms with Gasteiger partial charge < -0.3 is 15.5 Å². The molecule has 2 atom stereocenters. The van der Waals surface area contributed by atoms with Crippen LogP contribution in [0.15, 0.2) is 60.8 Å². The van der Waals surface area contributed by atoms with Crippen molar-refractivity contribution >= 4 is 5.91 Å². The smallest absolute Gasteiger partial charge is 0.220 e. The van der Waals surface area contributed by atoms with Gasteiger partial charge >= 0.3 is 0 Å². The molecule has 0 aromatic rings. The minimum atomic E-state index is -0.660. The summed E-state index contributed by atoms with van der Waals surface area (Å²) in [5.41, 5.74) is 0. The molecule has 1 amide bonds. The van der Waals surface area contributed by atoms with Crippen molar-refractivity contribution in [2.75, 3.05) is 6.61 Å². The number of aliphatic hydroxyl groups is 2. The Bertz CT molecular complexity index is 1310. The molecule has 0 spiro atoms. The van der Waals surface area contributed by atoms with Crippen LogP contribution in [0, 0.1) is 0 Å². The lowest BCUT2D eigenvalue weighted by molar-refractivity contribution is -0.123. The molecular weight excluding hydrogens is 975 g/mol. The second kappa shape index (κ2) is 71.4. The summed E-state index contributed by atoms with van der Waals surface area (Å²) >= 11 is 0. The topological polar surface area (TPSA) is 69.6 Å². The fraction of sp³-hybridized carbons (Fsp3) is 0.855. The maximum Gasteiger partial charge on any atom is 0.220 e. The Hall–Kier alpha value is -1.91. The Morgan fingerprint density at radius 2 is 0.550 bits per heavy atom. The minimum Gasteiger partial charge on any atom is -0.394 e. The average molecular weight is 1120 g/mol. The fourth-order valence-electron chi connectivity index (χ4n) is 11.6. The molecule has 0 saturated heterocycles. The average Bonchev–Trinajstić information content (AvgIpc) is 3.46. The van der Waals surface area contributed by atoms with Crippen LogP contribution in [0.25, 0.3) is 0 Å². The number of hydrogen-bond donors (Lipinski definition) is 3. The number of aliphatic hydroxyl groups excluding tert-OH is 2. The first-order chi connectivity index (χ1) is 39.7. The van der Waals surface area contributed by atoms with Gasteiger partial charge in [0.05, 0.1) is 18.8 Å². The second-order valence-corrected chi connectivity index (χ2v) is 25.0. The number of carbonyl (C=O) groups is 1. The van der Waals surface area contributed by atoms with Gasteiger partial charge in [0.2, 0.25) is 5.91 Å². The Morgan fingerprint density at radius 1 is 0.312 bits per heavy atom. The lowest BCUT2D eigenvalue weighted by atomic mass is 10.0. The van der Waals surface area contributed by atoms with E-state index in [-0.39, 0.29) is 12.5 Å². The van der Waals surface area contributed by atoms with Crippen LogP contribution in [0.3, 0.4) is 0 Å². The number of amides is 1. The summed E-state index contributed by atoms with van der Waals surface area (Å²) in [5, 5.41) is 23.5. The summed E-state index contributed by atoms with van der Waals surface area (Å²) in [4.78, 5) is 12.6. The summed E-state index contributed by atoms with van der Waals surface area (Å²) in [6.45, 7) is 4.29. The Morgan fingerprint density at radius 3 is 0.825 bits per heavy atom. The molecule has 0 aromatic carbocycles. The molecule has 4 nitrogen and oxygen atoms in total. The SMILES string of the molecule is CC/C=C\C/C=C\C/C=C\C/C=C\C/C=C\CCCCCCCCCCCCCCCCCCCCCCCCCCCC(=O)NC(CO)C(O)CCCCCCCCCCCCCCCCCCCCCCCCCCCCC. The van der Waals surface area contributed by atoms with Crippen molar-refractivity contribution < 1.29 is 15.0 Å². The summed E-state index contributed by atoms with van der Waals surface area (Å²) in [5.74, 6) is -0.0226. The van der Waals surface area contributed by atoms with Gasteiger partial charge in [-0.15, -0.1) is 0 Å². The van der Waals surface area contributed by atoms with Gasteiger partial charge in [-0.2, -0.15) is 0 Å². The maximum absolute atomic E-state index is 12.6. The monoisotopic (exact) mass is 1120 g/mol. The predicted molar refractivity (Wildman–Crippen MR) is 359 cm³/mol. The highest BCUT2D eigenvalue weighted by Crippen LogP contribution is 2.20. The lowest BCUT2D eigenvalue weighted by Crippen LogP contribution is -2.45. The first-order valence-electron chi connectivity index (χ1n) is 36.5. The molecule has 0 saturated carbocycles. The molecule has 4 heteroatoms. The van der Waals surface area contributed by atoms with Gasteiger partial charge in [0.1, 0.15) is 0 Å². The van der Waals surface area contributed by atoms with Gasteiger partial charge in [-0.05, 0) is 57.8 Å². The third kappa shape index (κ3) is 66.9. The molecule has 0 aliphatic carbocycles. The highest BCUT2D eigenvalue weighted by molar-refractivity contribution is 5.76. The third-order valence-corrected chi connectivity index (χ3v) is 17.0. The van der Waals surface area contributed by atoms with Crippen LogP contribution < -0.4 is 5.32 Å². The summed E-state index contributed by atoms with van der Waals surface area (Å²) in [6, 6.07) is -0.537. The molecule has 0 heterocycles. The van der Waals surface area contributed by atoms with Crippen molar-refractivity contribution in [3.63, 3.8) is 0 Å². The maximum atomic E-state index is 12.6. The molecule has 3 N–H and O–H groups in total. The summed E-state index contributed by atoms with van der Waals surface area (Å²) in [6.07, 6.45) is 102. The molecule has 0 aromatic heterocycles. The molecule has 0 aliphatic rings. The highest BCUT2D eigenvalue weighted by atomic mass is 16.3. The Balaban J connectivity index is 3.38. The molecule has 0 aliphatic heterocycles. The molecule has 2 unspecified atom stereocenters. The largest absolute Gasteiger partial charge is 0.394 e. The number of hydrogen-bond acceptors (Lipinski definition) is 3. The van der Waals surface area contributed by atoms with Crippen molar-refractivity contribution in [1.82, 2.24) is 5.32 Å². The number of carbonyl (C=O) groups excluding carboxylic acids is 1. The number of unbranched alkanes of at least 4 members (excludes halogenated alkanes) is 51. The van der Waals surface area contributed by atoms with E-state index in [2.05, 4.69) is 79.9 Å². The van der Waals surface area contributed by atoms with Crippen LogP contribution in [0.1, 0.15) is 399 Å². The first-order valence-corrected chi connectivity index (χ1v) is 36.5. The highest BCUT2D eigenvalue weighted by Gasteiger charge is 2.20. The standard InChI is InChI=1S/C76H143NO3/c1-3-5-7-9-11-13-15-17-19-21-23-25-27-29-31-32-33-34-35-36-37-38-39-40-41-42-43-44-46-48-50-52-54-56-58-60-62-64-66-68-70-72-76(80)77-74(73-78)75(79)71-69-67-65-63-61-59-57-55-53-51-49-47-45-30-28-26-24-22-20-18-16-14-12-10-8-6-4-2/h5,7,11,13,17,19,23,25,29,31,74-75,78-79H,3-4,6,8-10,12,14-16,18,20-22,24,26-28,30,32-73H2,1-2H3,(H,77,80)/b7-5-,13-11-,19-17-,25-23-,31-29-. The van der Waals surface area contributed by atoms with Crippen molar-refractivity contribution in [2.24, 2.45) is 0 Å². The fourth-order valence-corrected chi connectivity index (χ4v) is 11.6.